The van der Waals surface area contributed by atoms with Crippen molar-refractivity contribution in [2.75, 3.05) is 61.0 Å². The smallest absolute Gasteiger partial charge is 0.251 e. The molecule has 33 heavy (non-hydrogen) atoms. The summed E-state index contributed by atoms with van der Waals surface area (Å²) in [7, 11) is 8.00. The number of nitrogens with zero attached hydrogens (tertiary/aromatic N) is 3. The number of likely N-dealkylation sites (N-methyl/N-ethyl adjacent to an activating group) is 2. The van der Waals surface area contributed by atoms with Crippen molar-refractivity contribution in [2.45, 2.75) is 13.5 Å². The van der Waals surface area contributed by atoms with E-state index in [0.717, 1.165) is 13.1 Å². The van der Waals surface area contributed by atoms with Gasteiger partial charge in [0, 0.05) is 43.0 Å². The minimum atomic E-state index is -0.124. The molecule has 7 heteroatoms. The number of hydrogen-bond acceptors (Lipinski definition) is 5. The highest BCUT2D eigenvalue weighted by atomic mass is 16.5. The van der Waals surface area contributed by atoms with Crippen molar-refractivity contribution in [1.82, 2.24) is 19.7 Å². The fourth-order valence-electron chi connectivity index (χ4n) is 3.59. The van der Waals surface area contributed by atoms with Crippen LogP contribution in [0, 0.1) is 6.92 Å². The summed E-state index contributed by atoms with van der Waals surface area (Å²) in [6.07, 6.45) is 0. The van der Waals surface area contributed by atoms with E-state index in [4.69, 9.17) is 9.47 Å². The van der Waals surface area contributed by atoms with Gasteiger partial charge in [-0.05, 0) is 70.8 Å². The third-order valence-corrected chi connectivity index (χ3v) is 5.44. The fraction of sp³-hybridized carbons (Fsp3) is 0.423. The van der Waals surface area contributed by atoms with E-state index in [2.05, 4.69) is 44.8 Å². The Labute approximate surface area is 196 Å². The summed E-state index contributed by atoms with van der Waals surface area (Å²) in [4.78, 5) is 17.0. The zero-order valence-corrected chi connectivity index (χ0v) is 20.4. The largest absolute Gasteiger partial charge is 0.488 e. The average molecular weight is 453 g/mol. The van der Waals surface area contributed by atoms with E-state index in [1.807, 2.05) is 46.4 Å². The Morgan fingerprint density at radius 2 is 1.58 bits per heavy atom. The Morgan fingerprint density at radius 1 is 0.909 bits per heavy atom. The Morgan fingerprint density at radius 3 is 2.27 bits per heavy atom. The number of carbonyl (C=O) groups is 1. The monoisotopic (exact) mass is 452 g/mol. The first-order valence-corrected chi connectivity index (χ1v) is 11.4. The van der Waals surface area contributed by atoms with Crippen molar-refractivity contribution in [1.29, 1.82) is 0 Å². The molecule has 0 fully saturated rings. The average Bonchev–Trinajstić information content (AvgIpc) is 3.09. The normalized spacial score (nSPS) is 11.4. The molecule has 0 saturated heterocycles. The van der Waals surface area contributed by atoms with Crippen LogP contribution in [0.15, 0.2) is 48.5 Å². The van der Waals surface area contributed by atoms with Crippen molar-refractivity contribution in [3.05, 3.63) is 59.8 Å². The molecular formula is C26H36N4O3. The topological polar surface area (TPSA) is 59.0 Å². The lowest BCUT2D eigenvalue weighted by molar-refractivity contribution is 0.0951. The number of amides is 1. The summed E-state index contributed by atoms with van der Waals surface area (Å²) in [5.74, 6) is 1.12. The number of fused-ring (bicyclic) bond motifs is 1. The molecule has 0 aliphatic heterocycles. The minimum absolute atomic E-state index is 0.124. The van der Waals surface area contributed by atoms with Gasteiger partial charge < -0.3 is 29.2 Å². The summed E-state index contributed by atoms with van der Waals surface area (Å²) < 4.78 is 14.1. The maximum absolute atomic E-state index is 12.8. The van der Waals surface area contributed by atoms with E-state index in [1.165, 1.54) is 16.6 Å². The third-order valence-electron chi connectivity index (χ3n) is 5.44. The van der Waals surface area contributed by atoms with Gasteiger partial charge in [0.2, 0.25) is 0 Å². The number of hydrogen-bond donors (Lipinski definition) is 1. The zero-order valence-electron chi connectivity index (χ0n) is 20.4. The molecule has 178 valence electrons. The number of ether oxygens (including phenoxy) is 2. The van der Waals surface area contributed by atoms with Crippen LogP contribution >= 0.6 is 0 Å². The van der Waals surface area contributed by atoms with Crippen LogP contribution in [-0.4, -0.2) is 81.3 Å². The van der Waals surface area contributed by atoms with Crippen LogP contribution < -0.4 is 14.8 Å². The number of carbonyl (C=O) groups excluding carboxylic acids is 1. The van der Waals surface area contributed by atoms with Gasteiger partial charge in [-0.1, -0.05) is 18.2 Å². The standard InChI is InChI=1S/C26H36N4O3/c1-20-18-21-8-6-7-9-23(21)30(20)13-12-27-26(31)22-10-11-24(32-16-14-28(2)3)25(19-22)33-17-15-29(4)5/h6-11,18-19H,12-17H2,1-5H3,(H,27,31). The first-order valence-electron chi connectivity index (χ1n) is 11.4. The Kier molecular flexibility index (Phi) is 8.74. The molecule has 3 aromatic rings. The third kappa shape index (κ3) is 6.97. The number of rotatable bonds is 12. The highest BCUT2D eigenvalue weighted by Crippen LogP contribution is 2.28. The number of aromatic nitrogens is 1. The lowest BCUT2D eigenvalue weighted by Gasteiger charge is -2.17. The van der Waals surface area contributed by atoms with Gasteiger partial charge in [0.05, 0.1) is 0 Å². The van der Waals surface area contributed by atoms with Crippen LogP contribution in [0.1, 0.15) is 16.1 Å². The highest BCUT2D eigenvalue weighted by molar-refractivity contribution is 5.94. The molecule has 3 rings (SSSR count). The van der Waals surface area contributed by atoms with Crippen LogP contribution in [-0.2, 0) is 6.54 Å². The summed E-state index contributed by atoms with van der Waals surface area (Å²) in [5, 5.41) is 4.25. The second-order valence-corrected chi connectivity index (χ2v) is 8.72. The van der Waals surface area contributed by atoms with Crippen LogP contribution in [0.3, 0.4) is 0 Å². The van der Waals surface area contributed by atoms with Gasteiger partial charge in [-0.15, -0.1) is 0 Å². The van der Waals surface area contributed by atoms with Crippen LogP contribution in [0.2, 0.25) is 0 Å². The quantitative estimate of drug-likeness (QED) is 0.457. The highest BCUT2D eigenvalue weighted by Gasteiger charge is 2.13. The summed E-state index contributed by atoms with van der Waals surface area (Å²) in [5.41, 5.74) is 2.92. The van der Waals surface area contributed by atoms with E-state index < -0.39 is 0 Å². The van der Waals surface area contributed by atoms with E-state index >= 15 is 0 Å². The maximum Gasteiger partial charge on any atom is 0.251 e. The molecular weight excluding hydrogens is 416 g/mol. The summed E-state index contributed by atoms with van der Waals surface area (Å²) in [6.45, 7) is 5.98. The predicted molar refractivity (Wildman–Crippen MR) is 134 cm³/mol. The van der Waals surface area contributed by atoms with Crippen molar-refractivity contribution in [3.8, 4) is 11.5 Å². The molecule has 0 spiro atoms. The number of benzene rings is 2. The fourth-order valence-corrected chi connectivity index (χ4v) is 3.59. The lowest BCUT2D eigenvalue weighted by atomic mass is 10.2. The molecule has 1 amide bonds. The second kappa shape index (κ2) is 11.7. The molecule has 0 aliphatic rings. The Balaban J connectivity index is 1.64. The molecule has 1 aromatic heterocycles. The Bertz CT molecular complexity index is 1060. The molecule has 1 heterocycles. The minimum Gasteiger partial charge on any atom is -0.488 e. The van der Waals surface area contributed by atoms with E-state index in [-0.39, 0.29) is 5.91 Å². The summed E-state index contributed by atoms with van der Waals surface area (Å²) >= 11 is 0. The van der Waals surface area contributed by atoms with Crippen LogP contribution in [0.5, 0.6) is 11.5 Å². The van der Waals surface area contributed by atoms with Crippen LogP contribution in [0.25, 0.3) is 10.9 Å². The Hall–Kier alpha value is -3.03. The lowest BCUT2D eigenvalue weighted by Crippen LogP contribution is -2.27. The molecule has 0 radical (unpaired) electrons. The van der Waals surface area contributed by atoms with Crippen molar-refractivity contribution < 1.29 is 14.3 Å². The van der Waals surface area contributed by atoms with Gasteiger partial charge >= 0.3 is 0 Å². The first kappa shape index (κ1) is 24.6. The van der Waals surface area contributed by atoms with Crippen molar-refractivity contribution in [3.63, 3.8) is 0 Å². The van der Waals surface area contributed by atoms with Crippen LogP contribution in [0.4, 0.5) is 0 Å². The van der Waals surface area contributed by atoms with Crippen molar-refractivity contribution >= 4 is 16.8 Å². The van der Waals surface area contributed by atoms with E-state index in [0.29, 0.717) is 43.4 Å². The van der Waals surface area contributed by atoms with Gasteiger partial charge in [-0.3, -0.25) is 4.79 Å². The molecule has 0 atom stereocenters. The zero-order chi connectivity index (χ0) is 23.8. The van der Waals surface area contributed by atoms with Crippen molar-refractivity contribution in [2.24, 2.45) is 0 Å². The number of nitrogens with one attached hydrogen (secondary N) is 1. The van der Waals surface area contributed by atoms with E-state index in [1.54, 1.807) is 12.1 Å². The second-order valence-electron chi connectivity index (χ2n) is 8.72. The molecule has 2 aromatic carbocycles. The van der Waals surface area contributed by atoms with Gasteiger partial charge in [-0.25, -0.2) is 0 Å². The number of para-hydroxylation sites is 1. The predicted octanol–water partition coefficient (Wildman–Crippen LogP) is 3.26. The molecule has 7 nitrogen and oxygen atoms in total. The van der Waals surface area contributed by atoms with Gasteiger partial charge in [0.25, 0.3) is 5.91 Å². The van der Waals surface area contributed by atoms with Gasteiger partial charge in [-0.2, -0.15) is 0 Å². The molecule has 0 saturated carbocycles. The summed E-state index contributed by atoms with van der Waals surface area (Å²) in [6, 6.07) is 15.8. The molecule has 0 unspecified atom stereocenters. The van der Waals surface area contributed by atoms with E-state index in [9.17, 15) is 4.79 Å². The molecule has 0 bridgehead atoms. The number of aryl methyl sites for hydroxylation is 1. The first-order chi connectivity index (χ1) is 15.8. The van der Waals surface area contributed by atoms with Gasteiger partial charge in [0.15, 0.2) is 11.5 Å². The SMILES string of the molecule is Cc1cc2ccccc2n1CCNC(=O)c1ccc(OCCN(C)C)c(OCCN(C)C)c1. The van der Waals surface area contributed by atoms with Gasteiger partial charge in [0.1, 0.15) is 13.2 Å². The molecule has 1 N–H and O–H groups in total. The maximum atomic E-state index is 12.8. The molecule has 0 aliphatic carbocycles.